The molecule has 0 saturated carbocycles. The average Bonchev–Trinajstić information content (AvgIpc) is 4.14. The molecule has 0 unspecified atom stereocenters. The molecule has 14 N–H and O–H groups in total. The predicted octanol–water partition coefficient (Wildman–Crippen LogP) is -1.65. The van der Waals surface area contributed by atoms with Crippen molar-refractivity contribution in [3.63, 3.8) is 0 Å². The van der Waals surface area contributed by atoms with Crippen LogP contribution in [0.3, 0.4) is 0 Å². The molecule has 0 aliphatic carbocycles. The molecule has 1 saturated heterocycles. The van der Waals surface area contributed by atoms with Crippen LogP contribution in [0.15, 0.2) is 73.3 Å². The van der Waals surface area contributed by atoms with Gasteiger partial charge in [0.1, 0.15) is 42.3 Å². The summed E-state index contributed by atoms with van der Waals surface area (Å²) in [7, 11) is 0. The van der Waals surface area contributed by atoms with E-state index in [4.69, 9.17) is 11.5 Å². The van der Waals surface area contributed by atoms with Crippen molar-refractivity contribution in [3.05, 3.63) is 90.1 Å². The van der Waals surface area contributed by atoms with Gasteiger partial charge in [-0.05, 0) is 55.4 Å². The molecule has 0 bridgehead atoms. The number of benzene rings is 2. The van der Waals surface area contributed by atoms with Crippen LogP contribution in [0.2, 0.25) is 0 Å². The van der Waals surface area contributed by atoms with Crippen molar-refractivity contribution >= 4 is 81.9 Å². The van der Waals surface area contributed by atoms with Gasteiger partial charge in [-0.2, -0.15) is 11.8 Å². The number of carboxylic acids is 2. The molecule has 3 heterocycles. The lowest BCUT2D eigenvalue weighted by molar-refractivity contribution is -0.147. The summed E-state index contributed by atoms with van der Waals surface area (Å²) in [6.07, 6.45) is 5.18. The lowest BCUT2D eigenvalue weighted by Gasteiger charge is -2.30. The summed E-state index contributed by atoms with van der Waals surface area (Å²) in [6.45, 7) is 1.46. The molecule has 4 aromatic rings. The minimum absolute atomic E-state index is 0.0227. The first kappa shape index (κ1) is 55.1. The number of fused-ring (bicyclic) bond motifs is 1. The quantitative estimate of drug-likeness (QED) is 0.0319. The van der Waals surface area contributed by atoms with Crippen LogP contribution in [0.1, 0.15) is 55.8 Å². The van der Waals surface area contributed by atoms with E-state index in [1.54, 1.807) is 48.9 Å². The van der Waals surface area contributed by atoms with E-state index in [-0.39, 0.29) is 38.6 Å². The summed E-state index contributed by atoms with van der Waals surface area (Å²) in [5.74, 6) is -9.13. The van der Waals surface area contributed by atoms with Crippen LogP contribution >= 0.6 is 11.8 Å². The highest BCUT2D eigenvalue weighted by molar-refractivity contribution is 7.98. The second-order valence-corrected chi connectivity index (χ2v) is 18.2. The smallest absolute Gasteiger partial charge is 0.326 e. The number of nitrogens with one attached hydrogen (secondary N) is 8. The number of likely N-dealkylation sites (tertiary alicyclic amines) is 1. The van der Waals surface area contributed by atoms with Gasteiger partial charge in [0.2, 0.25) is 47.3 Å². The zero-order valence-electron chi connectivity index (χ0n) is 39.6. The van der Waals surface area contributed by atoms with Crippen LogP contribution in [0.4, 0.5) is 0 Å². The monoisotopic (exact) mass is 1020 g/mol. The Kier molecular flexibility index (Phi) is 20.2. The number of carboxylic acid groups (broad SMARTS) is 2. The van der Waals surface area contributed by atoms with Crippen LogP contribution in [-0.2, 0) is 67.2 Å². The number of imidazole rings is 1. The summed E-state index contributed by atoms with van der Waals surface area (Å²) in [6, 6.07) is 5.00. The third-order valence-electron chi connectivity index (χ3n) is 11.8. The van der Waals surface area contributed by atoms with Crippen LogP contribution < -0.4 is 43.4 Å². The topological polar surface area (TPSA) is 383 Å². The normalized spacial score (nSPS) is 16.2. The number of para-hydroxylation sites is 1. The molecule has 72 heavy (non-hydrogen) atoms. The Morgan fingerprint density at radius 1 is 0.750 bits per heavy atom. The number of nitrogens with zero attached hydrogens (tertiary/aromatic N) is 2. The van der Waals surface area contributed by atoms with Gasteiger partial charge in [-0.25, -0.2) is 9.78 Å². The number of nitrogens with two attached hydrogens (primary N) is 2. The van der Waals surface area contributed by atoms with Gasteiger partial charge in [0.05, 0.1) is 25.2 Å². The molecular weight excluding hydrogens is 957 g/mol. The number of rotatable bonds is 27. The van der Waals surface area contributed by atoms with Crippen molar-refractivity contribution < 1.29 is 58.2 Å². The fourth-order valence-electron chi connectivity index (χ4n) is 8.06. The molecular formula is C47H60N12O12S. The maximum Gasteiger partial charge on any atom is 0.326 e. The molecule has 0 spiro atoms. The Hall–Kier alpha value is -7.80. The SMILES string of the molecule is CSCC[C@@H](NC(=O)[C@@H](Cc1ccccc1)NC(=O)[C@@H](C)NC(=O)[C@@H]1CCCN1C(=O)[C@@H](Cc1cnc[nH]1)NC(=O)[C@@H](Cc1c[nH]c2ccccc12)NC(=O)[C@H](N)CC(N)=O)C(=O)N[C@H](CC(=O)O)C(=O)O. The number of H-pyrrole nitrogens is 2. The minimum Gasteiger partial charge on any atom is -0.481 e. The van der Waals surface area contributed by atoms with Crippen molar-refractivity contribution in [1.29, 1.82) is 0 Å². The lowest BCUT2D eigenvalue weighted by Crippen LogP contribution is -2.60. The molecule has 1 fully saturated rings. The van der Waals surface area contributed by atoms with E-state index in [0.29, 0.717) is 29.0 Å². The van der Waals surface area contributed by atoms with Crippen molar-refractivity contribution in [2.24, 2.45) is 11.5 Å². The summed E-state index contributed by atoms with van der Waals surface area (Å²) in [4.78, 5) is 143. The molecule has 1 aliphatic heterocycles. The fourth-order valence-corrected chi connectivity index (χ4v) is 8.54. The molecule has 8 atom stereocenters. The fraction of sp³-hybridized carbons (Fsp3) is 0.426. The molecule has 1 aliphatic rings. The highest BCUT2D eigenvalue weighted by Crippen LogP contribution is 2.22. The number of carbonyl (C=O) groups is 10. The number of hydrogen-bond donors (Lipinski definition) is 12. The van der Waals surface area contributed by atoms with Crippen molar-refractivity contribution in [2.75, 3.05) is 18.6 Å². The molecule has 2 aromatic carbocycles. The third-order valence-corrected chi connectivity index (χ3v) is 12.5. The molecule has 8 amide bonds. The van der Waals surface area contributed by atoms with Gasteiger partial charge in [0, 0.05) is 54.8 Å². The van der Waals surface area contributed by atoms with E-state index in [9.17, 15) is 58.2 Å². The van der Waals surface area contributed by atoms with E-state index in [1.807, 2.05) is 18.2 Å². The van der Waals surface area contributed by atoms with Crippen LogP contribution in [0.25, 0.3) is 10.9 Å². The zero-order chi connectivity index (χ0) is 52.5. The highest BCUT2D eigenvalue weighted by atomic mass is 32.2. The maximum atomic E-state index is 14.6. The number of primary amides is 1. The zero-order valence-corrected chi connectivity index (χ0v) is 40.4. The minimum atomic E-state index is -1.78. The first-order valence-electron chi connectivity index (χ1n) is 23.0. The van der Waals surface area contributed by atoms with E-state index < -0.39 is 120 Å². The summed E-state index contributed by atoms with van der Waals surface area (Å²) < 4.78 is 0. The highest BCUT2D eigenvalue weighted by Gasteiger charge is 2.40. The Bertz CT molecular complexity index is 2580. The van der Waals surface area contributed by atoms with Crippen LogP contribution in [0, 0.1) is 0 Å². The average molecular weight is 1020 g/mol. The Morgan fingerprint density at radius 2 is 1.38 bits per heavy atom. The van der Waals surface area contributed by atoms with Gasteiger partial charge in [-0.1, -0.05) is 48.5 Å². The van der Waals surface area contributed by atoms with Crippen LogP contribution in [-0.4, -0.2) is 156 Å². The number of hydrogen-bond acceptors (Lipinski definition) is 13. The first-order chi connectivity index (χ1) is 34.3. The summed E-state index contributed by atoms with van der Waals surface area (Å²) >= 11 is 1.33. The number of aromatic amines is 2. The number of thioether (sulfide) groups is 1. The number of aromatic nitrogens is 3. The second kappa shape index (κ2) is 26.4. The first-order valence-corrected chi connectivity index (χ1v) is 24.4. The molecule has 2 aromatic heterocycles. The van der Waals surface area contributed by atoms with Gasteiger partial charge >= 0.3 is 11.9 Å². The van der Waals surface area contributed by atoms with E-state index >= 15 is 0 Å². The van der Waals surface area contributed by atoms with Gasteiger partial charge in [-0.15, -0.1) is 0 Å². The van der Waals surface area contributed by atoms with Crippen LogP contribution in [0.5, 0.6) is 0 Å². The Morgan fingerprint density at radius 3 is 2.03 bits per heavy atom. The van der Waals surface area contributed by atoms with Crippen molar-refractivity contribution in [1.82, 2.24) is 51.8 Å². The summed E-state index contributed by atoms with van der Waals surface area (Å²) in [5, 5.41) is 34.8. The predicted molar refractivity (Wildman–Crippen MR) is 261 cm³/mol. The van der Waals surface area contributed by atoms with Crippen molar-refractivity contribution in [3.8, 4) is 0 Å². The van der Waals surface area contributed by atoms with E-state index in [1.165, 1.54) is 36.1 Å². The Labute approximate surface area is 417 Å². The summed E-state index contributed by atoms with van der Waals surface area (Å²) in [5.41, 5.74) is 13.7. The molecule has 386 valence electrons. The lowest BCUT2D eigenvalue weighted by atomic mass is 10.0. The maximum absolute atomic E-state index is 14.6. The standard InChI is InChI=1S/C47H60N12O12S/c1-25(40(63)55-33(17-26-9-4-3-5-10-26)43(66)54-32(14-16-72-2)42(65)58-36(47(70)71)21-39(61)62)53-45(68)37-13-8-15-59(37)46(69)35(19-28-23-50-24-52-28)57-44(67)34(56-41(64)30(48)20-38(49)60)18-27-22-51-31-12-7-6-11-29(27)31/h3-7,9-12,22-25,30,32-37,51H,8,13-21,48H2,1-2H3,(H2,49,60)(H,50,52)(H,53,68)(H,54,66)(H,55,63)(H,56,64)(H,57,67)(H,58,65)(H,61,62)(H,70,71)/t25-,30-,32-,33-,34-,35-,36-,37+/m1/s1. The van der Waals surface area contributed by atoms with Gasteiger partial charge in [-0.3, -0.25) is 43.2 Å². The third kappa shape index (κ3) is 15.9. The van der Waals surface area contributed by atoms with Gasteiger partial charge < -0.3 is 68.4 Å². The Balaban J connectivity index is 1.31. The number of aliphatic carboxylic acids is 2. The van der Waals surface area contributed by atoms with Gasteiger partial charge in [0.15, 0.2) is 0 Å². The number of carbonyl (C=O) groups excluding carboxylic acids is 8. The molecule has 25 heteroatoms. The van der Waals surface area contributed by atoms with E-state index in [0.717, 1.165) is 10.9 Å². The molecule has 5 rings (SSSR count). The molecule has 0 radical (unpaired) electrons. The number of amides is 8. The van der Waals surface area contributed by atoms with E-state index in [2.05, 4.69) is 46.9 Å². The largest absolute Gasteiger partial charge is 0.481 e. The second-order valence-electron chi connectivity index (χ2n) is 17.3. The molecule has 24 nitrogen and oxygen atoms in total. The van der Waals surface area contributed by atoms with Gasteiger partial charge in [0.25, 0.3) is 0 Å². The van der Waals surface area contributed by atoms with Crippen molar-refractivity contribution in [2.45, 2.75) is 107 Å².